The maximum absolute atomic E-state index is 6.97. The molecule has 202 valence electrons. The summed E-state index contributed by atoms with van der Waals surface area (Å²) in [4.78, 5) is 0. The van der Waals surface area contributed by atoms with Crippen molar-refractivity contribution < 1.29 is 14.2 Å². The average molecular weight is 505 g/mol. The van der Waals surface area contributed by atoms with Gasteiger partial charge in [-0.1, -0.05) is 69.7 Å². The fourth-order valence-corrected chi connectivity index (χ4v) is 10.6. The van der Waals surface area contributed by atoms with Gasteiger partial charge in [-0.05, 0) is 97.3 Å². The van der Waals surface area contributed by atoms with E-state index in [1.54, 1.807) is 5.57 Å². The second kappa shape index (κ2) is 8.93. The minimum Gasteiger partial charge on any atom is -0.373 e. The first-order chi connectivity index (χ1) is 17.8. The Morgan fingerprint density at radius 1 is 0.973 bits per heavy atom. The van der Waals surface area contributed by atoms with Crippen LogP contribution in [0.3, 0.4) is 0 Å². The molecule has 4 aliphatic carbocycles. The Hall–Kier alpha value is -1.16. The molecule has 5 fully saturated rings. The molecule has 1 aromatic carbocycles. The Labute approximate surface area is 224 Å². The molecule has 0 radical (unpaired) electrons. The highest BCUT2D eigenvalue weighted by atomic mass is 16.7. The average Bonchev–Trinajstić information content (AvgIpc) is 3.35. The third kappa shape index (κ3) is 3.77. The summed E-state index contributed by atoms with van der Waals surface area (Å²) in [5, 5.41) is 0. The first kappa shape index (κ1) is 24.9. The van der Waals surface area contributed by atoms with Gasteiger partial charge in [-0.3, -0.25) is 0 Å². The number of hydrogen-bond acceptors (Lipinski definition) is 3. The Balaban J connectivity index is 1.07. The predicted molar refractivity (Wildman–Crippen MR) is 147 cm³/mol. The molecule has 2 aliphatic heterocycles. The van der Waals surface area contributed by atoms with Gasteiger partial charge in [0.2, 0.25) is 0 Å². The maximum atomic E-state index is 6.97. The summed E-state index contributed by atoms with van der Waals surface area (Å²) in [6.07, 6.45) is 14.7. The predicted octanol–water partition coefficient (Wildman–Crippen LogP) is 7.94. The minimum absolute atomic E-state index is 0.295. The van der Waals surface area contributed by atoms with E-state index in [1.807, 2.05) is 0 Å². The zero-order valence-electron chi connectivity index (χ0n) is 23.6. The molecule has 2 heterocycles. The van der Waals surface area contributed by atoms with E-state index in [1.165, 1.54) is 50.5 Å². The molecule has 0 amide bonds. The standard InChI is InChI=1S/C34H48O3/c1-22-12-17-34(36-20-22)23(2)31-30(37-34)19-29-27-11-10-25-18-26(35-21-24-8-6-5-7-9-24)13-15-32(25,3)28(27)14-16-33(29,31)4/h5-10,22-23,26-31H,11-21H2,1-4H3/t22-,23+,26+,27-,28+,29+,30+,31+,32+,33+,34-/m1/s1. The largest absolute Gasteiger partial charge is 0.373 e. The summed E-state index contributed by atoms with van der Waals surface area (Å²) in [6.45, 7) is 11.7. The van der Waals surface area contributed by atoms with E-state index in [0.29, 0.717) is 40.8 Å². The van der Waals surface area contributed by atoms with Crippen molar-refractivity contribution >= 4 is 0 Å². The highest BCUT2D eigenvalue weighted by Gasteiger charge is 2.68. The number of ether oxygens (including phenoxy) is 3. The monoisotopic (exact) mass is 504 g/mol. The molecule has 0 aromatic heterocycles. The quantitative estimate of drug-likeness (QED) is 0.391. The second-order valence-electron chi connectivity index (χ2n) is 14.4. The lowest BCUT2D eigenvalue weighted by atomic mass is 9.47. The van der Waals surface area contributed by atoms with Crippen molar-refractivity contribution in [2.24, 2.45) is 46.3 Å². The van der Waals surface area contributed by atoms with Crippen LogP contribution in [0.1, 0.15) is 91.0 Å². The molecule has 3 saturated carbocycles. The van der Waals surface area contributed by atoms with Gasteiger partial charge < -0.3 is 14.2 Å². The third-order valence-corrected chi connectivity index (χ3v) is 12.7. The van der Waals surface area contributed by atoms with Crippen LogP contribution in [0.15, 0.2) is 42.0 Å². The number of benzene rings is 1. The zero-order chi connectivity index (χ0) is 25.4. The highest BCUT2D eigenvalue weighted by Crippen LogP contribution is 2.70. The SMILES string of the molecule is C[C@@H]1CC[C@@]2(OC1)O[C@H]1C[C@H]3[C@@H]4CC=C5C[C@@H](OCc6ccccc6)CC[C@]5(C)[C@H]4CC[C@]3(C)[C@H]1[C@@H]2C. The van der Waals surface area contributed by atoms with Crippen LogP contribution in [-0.2, 0) is 20.8 Å². The van der Waals surface area contributed by atoms with Crippen LogP contribution < -0.4 is 0 Å². The molecule has 7 rings (SSSR count). The number of allylic oxidation sites excluding steroid dienone is 1. The van der Waals surface area contributed by atoms with Crippen molar-refractivity contribution in [3.8, 4) is 0 Å². The molecule has 2 saturated heterocycles. The van der Waals surface area contributed by atoms with Gasteiger partial charge in [-0.2, -0.15) is 0 Å². The molecular weight excluding hydrogens is 456 g/mol. The van der Waals surface area contributed by atoms with Gasteiger partial charge in [0, 0.05) is 12.3 Å². The van der Waals surface area contributed by atoms with Gasteiger partial charge in [0.05, 0.1) is 25.4 Å². The van der Waals surface area contributed by atoms with Crippen LogP contribution in [0.25, 0.3) is 0 Å². The Kier molecular flexibility index (Phi) is 6.00. The molecule has 1 aromatic rings. The molecule has 0 N–H and O–H groups in total. The van der Waals surface area contributed by atoms with Gasteiger partial charge in [0.25, 0.3) is 0 Å². The Morgan fingerprint density at radius 3 is 2.59 bits per heavy atom. The molecule has 11 atom stereocenters. The van der Waals surface area contributed by atoms with Crippen LogP contribution in [0.2, 0.25) is 0 Å². The van der Waals surface area contributed by atoms with Crippen LogP contribution in [0.4, 0.5) is 0 Å². The van der Waals surface area contributed by atoms with Crippen LogP contribution in [0, 0.1) is 46.3 Å². The summed E-state index contributed by atoms with van der Waals surface area (Å²) in [6, 6.07) is 10.7. The van der Waals surface area contributed by atoms with Gasteiger partial charge in [-0.15, -0.1) is 0 Å². The number of rotatable bonds is 3. The molecular formula is C34H48O3. The molecule has 3 nitrogen and oxygen atoms in total. The molecule has 3 heteroatoms. The number of fused-ring (bicyclic) bond motifs is 7. The zero-order valence-corrected chi connectivity index (χ0v) is 23.6. The fraction of sp³-hybridized carbons (Fsp3) is 0.765. The van der Waals surface area contributed by atoms with Gasteiger partial charge in [-0.25, -0.2) is 0 Å². The lowest BCUT2D eigenvalue weighted by molar-refractivity contribution is -0.272. The smallest absolute Gasteiger partial charge is 0.171 e. The summed E-state index contributed by atoms with van der Waals surface area (Å²) in [5.41, 5.74) is 3.77. The Bertz CT molecular complexity index is 1020. The number of hydrogen-bond donors (Lipinski definition) is 0. The fourth-order valence-electron chi connectivity index (χ4n) is 10.6. The van der Waals surface area contributed by atoms with Crippen molar-refractivity contribution in [1.82, 2.24) is 0 Å². The van der Waals surface area contributed by atoms with Crippen molar-refractivity contribution in [3.63, 3.8) is 0 Å². The van der Waals surface area contributed by atoms with Gasteiger partial charge in [0.15, 0.2) is 5.79 Å². The maximum Gasteiger partial charge on any atom is 0.171 e. The van der Waals surface area contributed by atoms with E-state index in [2.05, 4.69) is 64.1 Å². The minimum atomic E-state index is -0.295. The lowest BCUT2D eigenvalue weighted by Gasteiger charge is -2.58. The van der Waals surface area contributed by atoms with E-state index in [0.717, 1.165) is 43.8 Å². The summed E-state index contributed by atoms with van der Waals surface area (Å²) in [7, 11) is 0. The van der Waals surface area contributed by atoms with Crippen LogP contribution in [-0.4, -0.2) is 24.6 Å². The summed E-state index contributed by atoms with van der Waals surface area (Å²) >= 11 is 0. The Morgan fingerprint density at radius 2 is 1.81 bits per heavy atom. The first-order valence-electron chi connectivity index (χ1n) is 15.5. The van der Waals surface area contributed by atoms with Crippen molar-refractivity contribution in [2.45, 2.75) is 110 Å². The summed E-state index contributed by atoms with van der Waals surface area (Å²) < 4.78 is 19.9. The van der Waals surface area contributed by atoms with Gasteiger partial charge >= 0.3 is 0 Å². The van der Waals surface area contributed by atoms with E-state index in [-0.39, 0.29) is 5.79 Å². The van der Waals surface area contributed by atoms with E-state index in [9.17, 15) is 0 Å². The van der Waals surface area contributed by atoms with Crippen LogP contribution in [0.5, 0.6) is 0 Å². The van der Waals surface area contributed by atoms with Crippen LogP contribution >= 0.6 is 0 Å². The van der Waals surface area contributed by atoms with Crippen molar-refractivity contribution in [2.75, 3.05) is 6.61 Å². The van der Waals surface area contributed by atoms with Gasteiger partial charge in [0.1, 0.15) is 0 Å². The normalized spacial score (nSPS) is 50.6. The molecule has 0 unspecified atom stereocenters. The molecule has 6 aliphatic rings. The summed E-state index contributed by atoms with van der Waals surface area (Å²) in [5.74, 6) is 3.99. The third-order valence-electron chi connectivity index (χ3n) is 12.7. The highest BCUT2D eigenvalue weighted by molar-refractivity contribution is 5.26. The lowest BCUT2D eigenvalue weighted by Crippen LogP contribution is -2.52. The molecule has 37 heavy (non-hydrogen) atoms. The van der Waals surface area contributed by atoms with E-state index in [4.69, 9.17) is 14.2 Å². The topological polar surface area (TPSA) is 27.7 Å². The second-order valence-corrected chi connectivity index (χ2v) is 14.4. The van der Waals surface area contributed by atoms with E-state index < -0.39 is 0 Å². The first-order valence-corrected chi connectivity index (χ1v) is 15.5. The van der Waals surface area contributed by atoms with E-state index >= 15 is 0 Å². The molecule has 1 spiro atoms. The van der Waals surface area contributed by atoms with Crippen molar-refractivity contribution in [1.29, 1.82) is 0 Å². The molecule has 0 bridgehead atoms. The van der Waals surface area contributed by atoms with Crippen molar-refractivity contribution in [3.05, 3.63) is 47.5 Å².